The normalized spacial score (nSPS) is 13.0. The summed E-state index contributed by atoms with van der Waals surface area (Å²) in [5.74, 6) is 0.543. The third-order valence-electron chi connectivity index (χ3n) is 3.18. The van der Waals surface area contributed by atoms with E-state index in [1.54, 1.807) is 0 Å². The fourth-order valence-corrected chi connectivity index (χ4v) is 1.83. The van der Waals surface area contributed by atoms with Crippen LogP contribution in [0.3, 0.4) is 0 Å². The van der Waals surface area contributed by atoms with Crippen molar-refractivity contribution >= 4 is 11.6 Å². The van der Waals surface area contributed by atoms with E-state index in [-0.39, 0.29) is 23.2 Å². The van der Waals surface area contributed by atoms with Gasteiger partial charge in [0.15, 0.2) is 0 Å². The van der Waals surface area contributed by atoms with Crippen molar-refractivity contribution in [2.24, 2.45) is 0 Å². The Balaban J connectivity index is 2.07. The second-order valence-corrected chi connectivity index (χ2v) is 6.12. The molecule has 1 aromatic heterocycles. The molecule has 1 amide bonds. The highest BCUT2D eigenvalue weighted by Gasteiger charge is 2.22. The SMILES string of the molecule is CC(NC(=O)c1n[nH]c(C(C)(C)C)n1)c1ccc(N)cc1. The molecule has 0 aliphatic rings. The first-order valence-electron chi connectivity index (χ1n) is 6.86. The lowest BCUT2D eigenvalue weighted by molar-refractivity contribution is 0.0929. The lowest BCUT2D eigenvalue weighted by atomic mass is 9.96. The van der Waals surface area contributed by atoms with Gasteiger partial charge in [0, 0.05) is 11.1 Å². The summed E-state index contributed by atoms with van der Waals surface area (Å²) in [5.41, 5.74) is 7.15. The number of carbonyl (C=O) groups is 1. The van der Waals surface area contributed by atoms with E-state index in [1.165, 1.54) is 0 Å². The maximum atomic E-state index is 12.2. The summed E-state index contributed by atoms with van der Waals surface area (Å²) in [6, 6.07) is 7.25. The summed E-state index contributed by atoms with van der Waals surface area (Å²) in [4.78, 5) is 16.4. The molecule has 6 heteroatoms. The Kier molecular flexibility index (Phi) is 3.97. The topological polar surface area (TPSA) is 96.7 Å². The van der Waals surface area contributed by atoms with E-state index in [4.69, 9.17) is 5.73 Å². The number of hydrogen-bond donors (Lipinski definition) is 3. The molecule has 0 saturated heterocycles. The van der Waals surface area contributed by atoms with Gasteiger partial charge < -0.3 is 11.1 Å². The third kappa shape index (κ3) is 3.59. The van der Waals surface area contributed by atoms with Crippen LogP contribution in [0.1, 0.15) is 55.7 Å². The molecule has 0 radical (unpaired) electrons. The summed E-state index contributed by atoms with van der Waals surface area (Å²) >= 11 is 0. The molecular weight excluding hydrogens is 266 g/mol. The van der Waals surface area contributed by atoms with Gasteiger partial charge in [0.05, 0.1) is 6.04 Å². The van der Waals surface area contributed by atoms with E-state index in [0.29, 0.717) is 11.5 Å². The molecule has 21 heavy (non-hydrogen) atoms. The van der Waals surface area contributed by atoms with E-state index >= 15 is 0 Å². The van der Waals surface area contributed by atoms with Gasteiger partial charge in [-0.15, -0.1) is 5.10 Å². The zero-order valence-corrected chi connectivity index (χ0v) is 12.8. The number of hydrogen-bond acceptors (Lipinski definition) is 4. The molecular formula is C15H21N5O. The van der Waals surface area contributed by atoms with Crippen molar-refractivity contribution in [2.45, 2.75) is 39.2 Å². The van der Waals surface area contributed by atoms with Crippen molar-refractivity contribution in [3.8, 4) is 0 Å². The predicted octanol–water partition coefficient (Wildman–Crippen LogP) is 2.18. The van der Waals surface area contributed by atoms with E-state index < -0.39 is 0 Å². The number of benzene rings is 1. The first-order valence-corrected chi connectivity index (χ1v) is 6.86. The van der Waals surface area contributed by atoms with Gasteiger partial charge in [0.25, 0.3) is 5.91 Å². The lowest BCUT2D eigenvalue weighted by Gasteiger charge is -2.14. The Morgan fingerprint density at radius 3 is 2.43 bits per heavy atom. The Morgan fingerprint density at radius 2 is 1.90 bits per heavy atom. The van der Waals surface area contributed by atoms with Crippen LogP contribution in [0, 0.1) is 0 Å². The second-order valence-electron chi connectivity index (χ2n) is 6.12. The maximum Gasteiger partial charge on any atom is 0.291 e. The summed E-state index contributed by atoms with van der Waals surface area (Å²) in [7, 11) is 0. The van der Waals surface area contributed by atoms with Gasteiger partial charge in [-0.25, -0.2) is 4.98 Å². The summed E-state index contributed by atoms with van der Waals surface area (Å²) in [6.07, 6.45) is 0. The minimum atomic E-state index is -0.300. The number of amides is 1. The number of nitrogens with zero attached hydrogens (tertiary/aromatic N) is 2. The highest BCUT2D eigenvalue weighted by atomic mass is 16.2. The molecule has 4 N–H and O–H groups in total. The largest absolute Gasteiger partial charge is 0.399 e. The smallest absolute Gasteiger partial charge is 0.291 e. The zero-order chi connectivity index (χ0) is 15.6. The van der Waals surface area contributed by atoms with Crippen LogP contribution in [0.25, 0.3) is 0 Å². The number of nitrogens with one attached hydrogen (secondary N) is 2. The van der Waals surface area contributed by atoms with E-state index in [0.717, 1.165) is 5.56 Å². The molecule has 0 aliphatic carbocycles. The van der Waals surface area contributed by atoms with Gasteiger partial charge in [0.2, 0.25) is 5.82 Å². The fraction of sp³-hybridized carbons (Fsp3) is 0.400. The van der Waals surface area contributed by atoms with Crippen LogP contribution in [0.2, 0.25) is 0 Å². The molecule has 1 atom stereocenters. The number of nitrogens with two attached hydrogens (primary N) is 1. The minimum absolute atomic E-state index is 0.144. The van der Waals surface area contributed by atoms with Crippen molar-refractivity contribution in [3.05, 3.63) is 41.5 Å². The van der Waals surface area contributed by atoms with E-state index in [2.05, 4.69) is 20.5 Å². The number of nitrogen functional groups attached to an aromatic ring is 1. The first kappa shape index (κ1) is 15.0. The standard InChI is InChI=1S/C15H21N5O/c1-9(10-5-7-11(16)8-6-10)17-13(21)12-18-14(20-19-12)15(2,3)4/h5-9H,16H2,1-4H3,(H,17,21)(H,18,19,20). The quantitative estimate of drug-likeness (QED) is 0.754. The molecule has 1 unspecified atom stereocenters. The van der Waals surface area contributed by atoms with Crippen LogP contribution in [-0.2, 0) is 5.41 Å². The maximum absolute atomic E-state index is 12.2. The molecule has 2 aromatic rings. The molecule has 1 heterocycles. The Bertz CT molecular complexity index is 624. The van der Waals surface area contributed by atoms with Crippen molar-refractivity contribution in [3.63, 3.8) is 0 Å². The second kappa shape index (κ2) is 5.55. The Labute approximate surface area is 124 Å². The summed E-state index contributed by atoms with van der Waals surface area (Å²) in [6.45, 7) is 7.92. The van der Waals surface area contributed by atoms with Crippen LogP contribution in [0.5, 0.6) is 0 Å². The van der Waals surface area contributed by atoms with Gasteiger partial charge >= 0.3 is 0 Å². The van der Waals surface area contributed by atoms with Gasteiger partial charge in [0.1, 0.15) is 5.82 Å². The van der Waals surface area contributed by atoms with E-state index in [9.17, 15) is 4.79 Å². The van der Waals surface area contributed by atoms with Crippen LogP contribution in [-0.4, -0.2) is 21.1 Å². The number of anilines is 1. The number of carbonyl (C=O) groups excluding carboxylic acids is 1. The molecule has 1 aromatic carbocycles. The fourth-order valence-electron chi connectivity index (χ4n) is 1.83. The van der Waals surface area contributed by atoms with Crippen LogP contribution in [0.15, 0.2) is 24.3 Å². The zero-order valence-electron chi connectivity index (χ0n) is 12.8. The van der Waals surface area contributed by atoms with Crippen LogP contribution >= 0.6 is 0 Å². The van der Waals surface area contributed by atoms with Crippen molar-refractivity contribution in [1.29, 1.82) is 0 Å². The van der Waals surface area contributed by atoms with Crippen molar-refractivity contribution in [1.82, 2.24) is 20.5 Å². The van der Waals surface area contributed by atoms with Crippen molar-refractivity contribution < 1.29 is 4.79 Å². The van der Waals surface area contributed by atoms with Crippen molar-refractivity contribution in [2.75, 3.05) is 5.73 Å². The monoisotopic (exact) mass is 287 g/mol. The van der Waals surface area contributed by atoms with Crippen LogP contribution in [0.4, 0.5) is 5.69 Å². The first-order chi connectivity index (χ1) is 9.77. The number of aromatic nitrogens is 3. The number of aromatic amines is 1. The van der Waals surface area contributed by atoms with Gasteiger partial charge in [-0.3, -0.25) is 9.89 Å². The number of H-pyrrole nitrogens is 1. The van der Waals surface area contributed by atoms with Gasteiger partial charge in [-0.05, 0) is 24.6 Å². The minimum Gasteiger partial charge on any atom is -0.399 e. The molecule has 2 rings (SSSR count). The average molecular weight is 287 g/mol. The lowest BCUT2D eigenvalue weighted by Crippen LogP contribution is -2.27. The molecule has 0 fully saturated rings. The van der Waals surface area contributed by atoms with Crippen LogP contribution < -0.4 is 11.1 Å². The third-order valence-corrected chi connectivity index (χ3v) is 3.18. The summed E-state index contributed by atoms with van der Waals surface area (Å²) in [5, 5.41) is 9.66. The Hall–Kier alpha value is -2.37. The molecule has 112 valence electrons. The molecule has 0 aliphatic heterocycles. The molecule has 0 saturated carbocycles. The highest BCUT2D eigenvalue weighted by Crippen LogP contribution is 2.18. The van der Waals surface area contributed by atoms with Gasteiger partial charge in [-0.1, -0.05) is 32.9 Å². The number of rotatable bonds is 3. The average Bonchev–Trinajstić information content (AvgIpc) is 2.88. The molecule has 0 bridgehead atoms. The molecule has 6 nitrogen and oxygen atoms in total. The predicted molar refractivity (Wildman–Crippen MR) is 81.8 cm³/mol. The highest BCUT2D eigenvalue weighted by molar-refractivity contribution is 5.90. The van der Waals surface area contributed by atoms with Gasteiger partial charge in [-0.2, -0.15) is 0 Å². The summed E-state index contributed by atoms with van der Waals surface area (Å²) < 4.78 is 0. The van der Waals surface area contributed by atoms with E-state index in [1.807, 2.05) is 52.0 Å². The molecule has 0 spiro atoms. The Morgan fingerprint density at radius 1 is 1.29 bits per heavy atom.